The molecule has 2 aromatic rings. The Hall–Kier alpha value is -1.72. The van der Waals surface area contributed by atoms with E-state index in [-0.39, 0.29) is 0 Å². The fourth-order valence-electron chi connectivity index (χ4n) is 3.06. The first-order valence-electron chi connectivity index (χ1n) is 12.3. The van der Waals surface area contributed by atoms with E-state index in [0.29, 0.717) is 25.2 Å². The molecule has 0 saturated heterocycles. The van der Waals surface area contributed by atoms with Crippen molar-refractivity contribution in [2.75, 3.05) is 32.8 Å². The van der Waals surface area contributed by atoms with Crippen LogP contribution in [-0.4, -0.2) is 38.9 Å². The molecular weight excluding hydrogens is 396 g/mol. The summed E-state index contributed by atoms with van der Waals surface area (Å²) in [5.41, 5.74) is 2.46. The molecule has 0 amide bonds. The van der Waals surface area contributed by atoms with Crippen molar-refractivity contribution in [2.45, 2.75) is 66.2 Å². The zero-order valence-corrected chi connectivity index (χ0v) is 20.8. The van der Waals surface area contributed by atoms with E-state index in [0.717, 1.165) is 32.8 Å². The molecule has 0 fully saturated rings. The minimum atomic E-state index is 0.401. The fourth-order valence-corrected chi connectivity index (χ4v) is 3.06. The second-order valence-electron chi connectivity index (χ2n) is 8.51. The average Bonchev–Trinajstić information content (AvgIpc) is 2.81. The molecule has 4 nitrogen and oxygen atoms in total. The van der Waals surface area contributed by atoms with Gasteiger partial charge in [-0.05, 0) is 43.0 Å². The Morgan fingerprint density at radius 1 is 0.719 bits per heavy atom. The van der Waals surface area contributed by atoms with E-state index in [9.17, 15) is 0 Å². The van der Waals surface area contributed by atoms with E-state index >= 15 is 0 Å². The van der Waals surface area contributed by atoms with Crippen LogP contribution in [0.2, 0.25) is 0 Å². The van der Waals surface area contributed by atoms with E-state index in [2.05, 4.69) is 74.7 Å². The Labute approximate surface area is 197 Å². The summed E-state index contributed by atoms with van der Waals surface area (Å²) < 4.78 is 11.6. The number of hydrogen-bond acceptors (Lipinski definition) is 4. The molecule has 0 saturated carbocycles. The zero-order chi connectivity index (χ0) is 23.3. The number of nitrogens with one attached hydrogen (secondary N) is 2. The lowest BCUT2D eigenvalue weighted by Crippen LogP contribution is -2.38. The maximum Gasteiger partial charge on any atom is 0.0717 e. The van der Waals surface area contributed by atoms with E-state index in [1.54, 1.807) is 0 Å². The number of ether oxygens (including phenoxy) is 2. The van der Waals surface area contributed by atoms with E-state index in [1.807, 2.05) is 24.3 Å². The Bertz CT molecular complexity index is 634. The summed E-state index contributed by atoms with van der Waals surface area (Å²) in [4.78, 5) is 0. The van der Waals surface area contributed by atoms with Gasteiger partial charge in [-0.3, -0.25) is 0 Å². The summed E-state index contributed by atoms with van der Waals surface area (Å²) in [6.07, 6.45) is 3.58. The number of rotatable bonds is 16. The van der Waals surface area contributed by atoms with Crippen molar-refractivity contribution in [3.05, 3.63) is 71.8 Å². The lowest BCUT2D eigenvalue weighted by atomic mass is 10.1. The molecule has 2 aromatic carbocycles. The molecular formula is C28H46N2O2. The molecule has 4 heteroatoms. The van der Waals surface area contributed by atoms with Crippen molar-refractivity contribution in [2.24, 2.45) is 5.92 Å². The SMILES string of the molecule is CC(C)C(COCc1ccccc1)NCCCCNCCOCc1ccccc1.CCC. The minimum Gasteiger partial charge on any atom is -0.375 e. The van der Waals surface area contributed by atoms with Crippen LogP contribution < -0.4 is 10.6 Å². The predicted molar refractivity (Wildman–Crippen MR) is 137 cm³/mol. The Balaban J connectivity index is 0.00000161. The van der Waals surface area contributed by atoms with Crippen molar-refractivity contribution in [3.63, 3.8) is 0 Å². The van der Waals surface area contributed by atoms with Crippen LogP contribution in [0, 0.1) is 5.92 Å². The zero-order valence-electron chi connectivity index (χ0n) is 20.8. The summed E-state index contributed by atoms with van der Waals surface area (Å²) in [5.74, 6) is 0.561. The third-order valence-electron chi connectivity index (χ3n) is 4.94. The first-order chi connectivity index (χ1) is 15.7. The smallest absolute Gasteiger partial charge is 0.0717 e. The molecule has 0 aromatic heterocycles. The maximum atomic E-state index is 5.92. The molecule has 1 atom stereocenters. The molecule has 32 heavy (non-hydrogen) atoms. The first kappa shape index (κ1) is 28.3. The van der Waals surface area contributed by atoms with Crippen LogP contribution in [0.15, 0.2) is 60.7 Å². The highest BCUT2D eigenvalue weighted by atomic mass is 16.5. The third kappa shape index (κ3) is 15.1. The second-order valence-corrected chi connectivity index (χ2v) is 8.51. The van der Waals surface area contributed by atoms with Gasteiger partial charge >= 0.3 is 0 Å². The van der Waals surface area contributed by atoms with Gasteiger partial charge in [-0.15, -0.1) is 0 Å². The Morgan fingerprint density at radius 3 is 1.81 bits per heavy atom. The molecule has 1 unspecified atom stereocenters. The average molecular weight is 443 g/mol. The van der Waals surface area contributed by atoms with Crippen LogP contribution in [-0.2, 0) is 22.7 Å². The monoisotopic (exact) mass is 442 g/mol. The van der Waals surface area contributed by atoms with Crippen molar-refractivity contribution in [1.82, 2.24) is 10.6 Å². The number of unbranched alkanes of at least 4 members (excludes halogenated alkanes) is 1. The molecule has 0 aliphatic carbocycles. The topological polar surface area (TPSA) is 42.5 Å². The van der Waals surface area contributed by atoms with Gasteiger partial charge in [0.2, 0.25) is 0 Å². The van der Waals surface area contributed by atoms with Crippen LogP contribution in [0.25, 0.3) is 0 Å². The summed E-state index contributed by atoms with van der Waals surface area (Å²) in [7, 11) is 0. The molecule has 2 N–H and O–H groups in total. The standard InChI is InChI=1S/C25H38N2O2.C3H8/c1-22(2)25(21-29-20-24-13-7-4-8-14-24)27-16-10-9-15-26-17-18-28-19-23-11-5-3-6-12-23;1-3-2/h3-8,11-14,22,25-27H,9-10,15-21H2,1-2H3;3H2,1-2H3. The van der Waals surface area contributed by atoms with Gasteiger partial charge in [0, 0.05) is 12.6 Å². The molecule has 0 aliphatic rings. The predicted octanol–water partition coefficient (Wildman–Crippen LogP) is 5.82. The molecule has 0 heterocycles. The summed E-state index contributed by atoms with van der Waals surface area (Å²) in [6.45, 7) is 14.6. The maximum absolute atomic E-state index is 5.92. The van der Waals surface area contributed by atoms with Gasteiger partial charge in [0.15, 0.2) is 0 Å². The lowest BCUT2D eigenvalue weighted by Gasteiger charge is -2.22. The second kappa shape index (κ2) is 19.9. The van der Waals surface area contributed by atoms with E-state index < -0.39 is 0 Å². The van der Waals surface area contributed by atoms with Gasteiger partial charge in [-0.25, -0.2) is 0 Å². The van der Waals surface area contributed by atoms with Crippen LogP contribution in [0.3, 0.4) is 0 Å². The molecule has 0 aliphatic heterocycles. The lowest BCUT2D eigenvalue weighted by molar-refractivity contribution is 0.0861. The van der Waals surface area contributed by atoms with Crippen molar-refractivity contribution >= 4 is 0 Å². The summed E-state index contributed by atoms with van der Waals surface area (Å²) >= 11 is 0. The minimum absolute atomic E-state index is 0.401. The fraction of sp³-hybridized carbons (Fsp3) is 0.571. The molecule has 0 spiro atoms. The third-order valence-corrected chi connectivity index (χ3v) is 4.94. The first-order valence-corrected chi connectivity index (χ1v) is 12.3. The number of benzene rings is 2. The molecule has 2 rings (SSSR count). The van der Waals surface area contributed by atoms with E-state index in [1.165, 1.54) is 30.4 Å². The van der Waals surface area contributed by atoms with Gasteiger partial charge in [0.05, 0.1) is 26.4 Å². The van der Waals surface area contributed by atoms with Crippen molar-refractivity contribution < 1.29 is 9.47 Å². The Kier molecular flexibility index (Phi) is 17.6. The quantitative estimate of drug-likeness (QED) is 0.321. The van der Waals surface area contributed by atoms with Crippen LogP contribution >= 0.6 is 0 Å². The summed E-state index contributed by atoms with van der Waals surface area (Å²) in [5, 5.41) is 7.11. The summed E-state index contributed by atoms with van der Waals surface area (Å²) in [6, 6.07) is 21.1. The van der Waals surface area contributed by atoms with Gasteiger partial charge in [-0.2, -0.15) is 0 Å². The van der Waals surface area contributed by atoms with Gasteiger partial charge in [0.25, 0.3) is 0 Å². The van der Waals surface area contributed by atoms with E-state index in [4.69, 9.17) is 9.47 Å². The van der Waals surface area contributed by atoms with Crippen LogP contribution in [0.4, 0.5) is 0 Å². The largest absolute Gasteiger partial charge is 0.375 e. The van der Waals surface area contributed by atoms with Gasteiger partial charge in [0.1, 0.15) is 0 Å². The van der Waals surface area contributed by atoms with Gasteiger partial charge < -0.3 is 20.1 Å². The number of hydrogen-bond donors (Lipinski definition) is 2. The Morgan fingerprint density at radius 2 is 1.25 bits per heavy atom. The van der Waals surface area contributed by atoms with Crippen molar-refractivity contribution in [1.29, 1.82) is 0 Å². The molecule has 180 valence electrons. The van der Waals surface area contributed by atoms with Crippen LogP contribution in [0.1, 0.15) is 58.1 Å². The normalized spacial score (nSPS) is 11.8. The molecule has 0 bridgehead atoms. The molecule has 0 radical (unpaired) electrons. The highest BCUT2D eigenvalue weighted by Crippen LogP contribution is 2.06. The highest BCUT2D eigenvalue weighted by Gasteiger charge is 2.12. The van der Waals surface area contributed by atoms with Crippen molar-refractivity contribution in [3.8, 4) is 0 Å². The highest BCUT2D eigenvalue weighted by molar-refractivity contribution is 5.14. The van der Waals surface area contributed by atoms with Gasteiger partial charge in [-0.1, -0.05) is 94.8 Å². The van der Waals surface area contributed by atoms with Crippen LogP contribution in [0.5, 0.6) is 0 Å².